The number of amides is 1. The Kier molecular flexibility index (Phi) is 5.55. The zero-order chi connectivity index (χ0) is 19.1. The lowest BCUT2D eigenvalue weighted by Crippen LogP contribution is -2.53. The molecule has 2 aliphatic rings. The van der Waals surface area contributed by atoms with Gasteiger partial charge in [0, 0.05) is 40.2 Å². The molecule has 0 spiro atoms. The third kappa shape index (κ3) is 3.59. The molecule has 0 aliphatic carbocycles. The molecule has 1 aromatic carbocycles. The van der Waals surface area contributed by atoms with Crippen LogP contribution in [0.3, 0.4) is 0 Å². The van der Waals surface area contributed by atoms with Crippen molar-refractivity contribution in [1.29, 1.82) is 0 Å². The normalized spacial score (nSPS) is 25.6. The van der Waals surface area contributed by atoms with Gasteiger partial charge in [0.05, 0.1) is 17.7 Å². The lowest BCUT2D eigenvalue weighted by molar-refractivity contribution is -0.129. The van der Waals surface area contributed by atoms with Gasteiger partial charge in [0.25, 0.3) is 0 Å². The van der Waals surface area contributed by atoms with E-state index < -0.39 is 27.1 Å². The van der Waals surface area contributed by atoms with Gasteiger partial charge in [-0.15, -0.1) is 0 Å². The summed E-state index contributed by atoms with van der Waals surface area (Å²) in [5, 5.41) is 0.573. The predicted octanol–water partition coefficient (Wildman–Crippen LogP) is 1.26. The summed E-state index contributed by atoms with van der Waals surface area (Å²) in [6.07, 6.45) is 0. The van der Waals surface area contributed by atoms with E-state index in [0.29, 0.717) is 18.7 Å². The summed E-state index contributed by atoms with van der Waals surface area (Å²) in [4.78, 5) is 18.5. The molecule has 26 heavy (non-hydrogen) atoms. The van der Waals surface area contributed by atoms with Crippen molar-refractivity contribution < 1.29 is 22.4 Å². The van der Waals surface area contributed by atoms with Crippen LogP contribution in [0.4, 0.5) is 4.39 Å². The Balaban J connectivity index is 1.84. The predicted molar refractivity (Wildman–Crippen MR) is 94.4 cm³/mol. The molecule has 144 valence electrons. The summed E-state index contributed by atoms with van der Waals surface area (Å²) in [5.41, 5.74) is 0.576. The minimum atomic E-state index is -3.67. The van der Waals surface area contributed by atoms with E-state index in [1.165, 1.54) is 34.5 Å². The van der Waals surface area contributed by atoms with E-state index in [1.807, 2.05) is 0 Å². The van der Waals surface area contributed by atoms with Crippen LogP contribution in [0.25, 0.3) is 0 Å². The van der Waals surface area contributed by atoms with Crippen molar-refractivity contribution in [2.24, 2.45) is 0 Å². The summed E-state index contributed by atoms with van der Waals surface area (Å²) in [6, 6.07) is 3.58. The Hall–Kier alpha value is -1.26. The number of hydrogen-bond donors (Lipinski definition) is 0. The number of sulfonamides is 1. The molecule has 3 rings (SSSR count). The highest BCUT2D eigenvalue weighted by molar-refractivity contribution is 7.89. The van der Waals surface area contributed by atoms with Crippen LogP contribution in [0.15, 0.2) is 18.2 Å². The van der Waals surface area contributed by atoms with Crippen LogP contribution < -0.4 is 0 Å². The Labute approximate surface area is 157 Å². The van der Waals surface area contributed by atoms with Crippen molar-refractivity contribution in [2.45, 2.75) is 18.2 Å². The maximum Gasteiger partial charge on any atom is 0.221 e. The summed E-state index contributed by atoms with van der Waals surface area (Å²) in [7, 11) is -2.03. The standard InChI is InChI=1S/C16H21ClFN3O4S/c1-11(22)20-5-7-21(8-6-20)26(23,24)15-10-25-19(2)16(15)12-3-4-14(18)13(17)9-12/h3-4,9,15-16H,5-8,10H2,1-2H3. The maximum atomic E-state index is 13.5. The number of benzene rings is 1. The third-order valence-electron chi connectivity index (χ3n) is 4.90. The Morgan fingerprint density at radius 1 is 1.27 bits per heavy atom. The molecule has 7 nitrogen and oxygen atoms in total. The number of carbonyl (C=O) groups excluding carboxylic acids is 1. The van der Waals surface area contributed by atoms with Crippen molar-refractivity contribution in [3.05, 3.63) is 34.6 Å². The third-order valence-corrected chi connectivity index (χ3v) is 7.43. The van der Waals surface area contributed by atoms with Crippen molar-refractivity contribution in [3.63, 3.8) is 0 Å². The number of hydroxylamine groups is 2. The van der Waals surface area contributed by atoms with Gasteiger partial charge in [-0.2, -0.15) is 9.37 Å². The van der Waals surface area contributed by atoms with Gasteiger partial charge in [0.15, 0.2) is 0 Å². The fourth-order valence-corrected chi connectivity index (χ4v) is 5.55. The topological polar surface area (TPSA) is 70.2 Å². The van der Waals surface area contributed by atoms with Crippen molar-refractivity contribution >= 4 is 27.5 Å². The van der Waals surface area contributed by atoms with Gasteiger partial charge < -0.3 is 4.90 Å². The maximum absolute atomic E-state index is 13.5. The Bertz CT molecular complexity index is 799. The molecule has 2 saturated heterocycles. The van der Waals surface area contributed by atoms with E-state index in [2.05, 4.69) is 0 Å². The SMILES string of the molecule is CC(=O)N1CCN(S(=O)(=O)C2CON(C)C2c2ccc(F)c(Cl)c2)CC1. The van der Waals surface area contributed by atoms with Gasteiger partial charge in [-0.3, -0.25) is 9.63 Å². The zero-order valence-electron chi connectivity index (χ0n) is 14.6. The van der Waals surface area contributed by atoms with E-state index in [0.717, 1.165) is 0 Å². The van der Waals surface area contributed by atoms with E-state index in [9.17, 15) is 17.6 Å². The molecular formula is C16H21ClFN3O4S. The number of rotatable bonds is 3. The average molecular weight is 406 g/mol. The molecule has 0 radical (unpaired) electrons. The van der Waals surface area contributed by atoms with Crippen LogP contribution in [0.1, 0.15) is 18.5 Å². The van der Waals surface area contributed by atoms with Gasteiger partial charge in [-0.05, 0) is 17.7 Å². The second kappa shape index (κ2) is 7.40. The van der Waals surface area contributed by atoms with Gasteiger partial charge in [0.1, 0.15) is 11.1 Å². The Morgan fingerprint density at radius 2 is 1.92 bits per heavy atom. The molecule has 1 amide bonds. The monoisotopic (exact) mass is 405 g/mol. The number of hydrogen-bond acceptors (Lipinski definition) is 5. The lowest BCUT2D eigenvalue weighted by atomic mass is 10.0. The van der Waals surface area contributed by atoms with E-state index in [4.69, 9.17) is 16.4 Å². The average Bonchev–Trinajstić information content (AvgIpc) is 3.00. The van der Waals surface area contributed by atoms with E-state index in [-0.39, 0.29) is 30.6 Å². The molecule has 0 saturated carbocycles. The van der Waals surface area contributed by atoms with Crippen LogP contribution in [0.2, 0.25) is 5.02 Å². The van der Waals surface area contributed by atoms with Crippen molar-refractivity contribution in [1.82, 2.24) is 14.3 Å². The lowest BCUT2D eigenvalue weighted by Gasteiger charge is -2.35. The molecular weight excluding hydrogens is 385 g/mol. The molecule has 2 unspecified atom stereocenters. The highest BCUT2D eigenvalue weighted by Crippen LogP contribution is 2.36. The molecule has 2 heterocycles. The van der Waals surface area contributed by atoms with Crippen molar-refractivity contribution in [2.75, 3.05) is 39.8 Å². The van der Waals surface area contributed by atoms with Crippen LogP contribution in [-0.4, -0.2) is 73.7 Å². The molecule has 1 aromatic rings. The molecule has 2 aliphatic heterocycles. The molecule has 2 fully saturated rings. The number of halogens is 2. The summed E-state index contributed by atoms with van der Waals surface area (Å²) < 4.78 is 41.2. The summed E-state index contributed by atoms with van der Waals surface area (Å²) in [5.74, 6) is -0.624. The smallest absolute Gasteiger partial charge is 0.221 e. The highest BCUT2D eigenvalue weighted by Gasteiger charge is 2.46. The van der Waals surface area contributed by atoms with Crippen LogP contribution in [0.5, 0.6) is 0 Å². The Morgan fingerprint density at radius 3 is 2.50 bits per heavy atom. The van der Waals surface area contributed by atoms with Crippen LogP contribution in [-0.2, 0) is 19.7 Å². The van der Waals surface area contributed by atoms with Crippen LogP contribution >= 0.6 is 11.6 Å². The highest BCUT2D eigenvalue weighted by atomic mass is 35.5. The van der Waals surface area contributed by atoms with Gasteiger partial charge in [-0.1, -0.05) is 17.7 Å². The second-order valence-electron chi connectivity index (χ2n) is 6.45. The number of carbonyl (C=O) groups is 1. The number of nitrogens with zero attached hydrogens (tertiary/aromatic N) is 3. The first-order chi connectivity index (χ1) is 12.2. The fraction of sp³-hybridized carbons (Fsp3) is 0.562. The fourth-order valence-electron chi connectivity index (χ4n) is 3.42. The molecule has 0 aromatic heterocycles. The van der Waals surface area contributed by atoms with Gasteiger partial charge in [-0.25, -0.2) is 12.8 Å². The van der Waals surface area contributed by atoms with E-state index in [1.54, 1.807) is 11.9 Å². The first kappa shape index (κ1) is 19.5. The second-order valence-corrected chi connectivity index (χ2v) is 9.01. The van der Waals surface area contributed by atoms with Gasteiger partial charge in [0.2, 0.25) is 15.9 Å². The van der Waals surface area contributed by atoms with E-state index >= 15 is 0 Å². The summed E-state index contributed by atoms with van der Waals surface area (Å²) in [6.45, 7) is 2.71. The van der Waals surface area contributed by atoms with Crippen molar-refractivity contribution in [3.8, 4) is 0 Å². The number of piperazine rings is 1. The molecule has 10 heteroatoms. The van der Waals surface area contributed by atoms with Gasteiger partial charge >= 0.3 is 0 Å². The summed E-state index contributed by atoms with van der Waals surface area (Å²) >= 11 is 5.86. The zero-order valence-corrected chi connectivity index (χ0v) is 16.1. The molecule has 2 atom stereocenters. The molecule has 0 bridgehead atoms. The minimum Gasteiger partial charge on any atom is -0.340 e. The first-order valence-electron chi connectivity index (χ1n) is 8.27. The molecule has 0 N–H and O–H groups in total. The van der Waals surface area contributed by atoms with Crippen LogP contribution in [0, 0.1) is 5.82 Å². The minimum absolute atomic E-state index is 0.00538. The first-order valence-corrected chi connectivity index (χ1v) is 10.1. The quantitative estimate of drug-likeness (QED) is 0.757. The largest absolute Gasteiger partial charge is 0.340 e.